The van der Waals surface area contributed by atoms with E-state index in [1.807, 2.05) is 0 Å². The van der Waals surface area contributed by atoms with Crippen LogP contribution in [0.1, 0.15) is 0 Å². The fraction of sp³-hybridized carbons (Fsp3) is 1.00. The summed E-state index contributed by atoms with van der Waals surface area (Å²) < 4.78 is 31.6. The molecule has 6 nitrogen and oxygen atoms in total. The molecule has 0 fully saturated rings. The summed E-state index contributed by atoms with van der Waals surface area (Å²) in [5, 5.41) is 0. The van der Waals surface area contributed by atoms with Crippen molar-refractivity contribution in [1.29, 1.82) is 0 Å². The number of hydrogen-bond acceptors (Lipinski definition) is 2. The van der Waals surface area contributed by atoms with Gasteiger partial charge in [-0.3, -0.25) is 9.11 Å². The Morgan fingerprint density at radius 3 is 1.20 bits per heavy atom. The molecule has 0 unspecified atom stereocenters. The molecule has 0 heterocycles. The number of nitrogens with one attached hydrogen (secondary N) is 2. The van der Waals surface area contributed by atoms with E-state index in [1.165, 1.54) is 0 Å². The van der Waals surface area contributed by atoms with Crippen molar-refractivity contribution in [2.75, 3.05) is 13.1 Å². The zero-order valence-electron chi connectivity index (χ0n) is 4.85. The molecule has 0 spiro atoms. The molecule has 0 aromatic rings. The number of rotatable bonds is 1. The van der Waals surface area contributed by atoms with Crippen molar-refractivity contribution in [3.05, 3.63) is 11.5 Å². The van der Waals surface area contributed by atoms with Crippen LogP contribution in [0.4, 0.5) is 0 Å². The van der Waals surface area contributed by atoms with Crippen molar-refractivity contribution in [3.63, 3.8) is 0 Å². The van der Waals surface area contributed by atoms with Crippen molar-refractivity contribution in [2.45, 2.75) is 0 Å². The van der Waals surface area contributed by atoms with Crippen LogP contribution in [0.2, 0.25) is 0 Å². The summed E-state index contributed by atoms with van der Waals surface area (Å²) in [5.41, 5.74) is 12.5. The van der Waals surface area contributed by atoms with E-state index in [0.29, 0.717) is 0 Å². The Labute approximate surface area is 73.8 Å². The van der Waals surface area contributed by atoms with Gasteiger partial charge < -0.3 is 11.5 Å². The van der Waals surface area contributed by atoms with Crippen LogP contribution < -0.4 is 0 Å². The van der Waals surface area contributed by atoms with E-state index in [-0.39, 0.29) is 34.2 Å². The molecule has 0 radical (unpaired) electrons. The zero-order valence-corrected chi connectivity index (χ0v) is 7.94. The summed E-state index contributed by atoms with van der Waals surface area (Å²) >= 11 is 0. The van der Waals surface area contributed by atoms with E-state index in [4.69, 9.17) is 29.0 Å². The fourth-order valence-corrected chi connectivity index (χ4v) is 0. The van der Waals surface area contributed by atoms with Crippen molar-refractivity contribution < 1.29 is 38.6 Å². The third kappa shape index (κ3) is 217. The minimum atomic E-state index is -4.67. The average Bonchev–Trinajstić information content (AvgIpc) is 1.61. The monoisotopic (exact) mass is 351 g/mol. The first-order valence-electron chi connectivity index (χ1n) is 1.91. The van der Waals surface area contributed by atoms with Gasteiger partial charge in [-0.15, -0.1) is 0 Å². The second-order valence-corrected chi connectivity index (χ2v) is 1.84. The van der Waals surface area contributed by atoms with Crippen LogP contribution in [-0.4, -0.2) is 30.6 Å². The fourth-order valence-electron chi connectivity index (χ4n) is 0. The topological polar surface area (TPSA) is 122 Å². The third-order valence-corrected chi connectivity index (χ3v) is 0.125. The first-order chi connectivity index (χ1) is 3.91. The van der Waals surface area contributed by atoms with Crippen LogP contribution in [-0.2, 0) is 31.5 Å². The molecule has 10 heavy (non-hydrogen) atoms. The first-order valence-corrected chi connectivity index (χ1v) is 3.30. The summed E-state index contributed by atoms with van der Waals surface area (Å²) in [7, 11) is -4.67. The molecule has 0 saturated heterocycles. The smallest absolute Gasteiger partial charge is 0.679 e. The average molecular weight is 351 g/mol. The predicted molar refractivity (Wildman–Crippen MR) is 32.6 cm³/mol. The molecule has 8 heteroatoms. The van der Waals surface area contributed by atoms with Crippen molar-refractivity contribution in [1.82, 2.24) is 0 Å². The molecule has 0 atom stereocenters. The predicted octanol–water partition coefficient (Wildman–Crippen LogP) is 0.436. The molecule has 0 amide bonds. The summed E-state index contributed by atoms with van der Waals surface area (Å²) in [6.07, 6.45) is 0. The van der Waals surface area contributed by atoms with Gasteiger partial charge in [0, 0.05) is 0 Å². The van der Waals surface area contributed by atoms with Gasteiger partial charge in [-0.05, 0) is 0 Å². The molecule has 0 aromatic heterocycles. The molecule has 0 aromatic carbocycles. The Morgan fingerprint density at radius 2 is 1.20 bits per heavy atom. The minimum Gasteiger partial charge on any atom is -0.679 e. The second-order valence-electron chi connectivity index (χ2n) is 0.948. The van der Waals surface area contributed by atoms with Gasteiger partial charge in [-0.25, -0.2) is 0 Å². The molecule has 4 N–H and O–H groups in total. The van der Waals surface area contributed by atoms with Gasteiger partial charge in [-0.1, -0.05) is 0 Å². The SMILES string of the molecule is O=S(=O)(O)O.[NH-]CC[NH-].[Pt+2]. The van der Waals surface area contributed by atoms with Gasteiger partial charge in [0.25, 0.3) is 0 Å². The third-order valence-electron chi connectivity index (χ3n) is 0.125. The van der Waals surface area contributed by atoms with E-state index in [2.05, 4.69) is 0 Å². The second kappa shape index (κ2) is 9.48. The van der Waals surface area contributed by atoms with Gasteiger partial charge >= 0.3 is 31.5 Å². The Morgan fingerprint density at radius 1 is 1.10 bits per heavy atom. The number of hydrogen-bond donors (Lipinski definition) is 2. The van der Waals surface area contributed by atoms with E-state index >= 15 is 0 Å². The Kier molecular flexibility index (Phi) is 16.0. The van der Waals surface area contributed by atoms with Crippen LogP contribution in [0.5, 0.6) is 0 Å². The molecule has 0 bridgehead atoms. The summed E-state index contributed by atoms with van der Waals surface area (Å²) in [6, 6.07) is 0. The van der Waals surface area contributed by atoms with Crippen LogP contribution in [0.15, 0.2) is 0 Å². The summed E-state index contributed by atoms with van der Waals surface area (Å²) in [4.78, 5) is 0. The Balaban J connectivity index is -0.0000000910. The van der Waals surface area contributed by atoms with Crippen LogP contribution in [0.25, 0.3) is 11.5 Å². The van der Waals surface area contributed by atoms with Gasteiger partial charge in [0.05, 0.1) is 0 Å². The molecular weight excluding hydrogens is 343 g/mol. The summed E-state index contributed by atoms with van der Waals surface area (Å²) in [6.45, 7) is 0.472. The maximum absolute atomic E-state index is 8.74. The van der Waals surface area contributed by atoms with Gasteiger partial charge in [0.1, 0.15) is 0 Å². The van der Waals surface area contributed by atoms with Crippen LogP contribution in [0, 0.1) is 0 Å². The van der Waals surface area contributed by atoms with Gasteiger partial charge in [0.2, 0.25) is 0 Å². The van der Waals surface area contributed by atoms with Gasteiger partial charge in [-0.2, -0.15) is 21.5 Å². The molecular formula is C2H8N2O4PtS. The zero-order chi connectivity index (χ0) is 7.91. The molecule has 66 valence electrons. The Bertz CT molecular complexity index is 124. The maximum Gasteiger partial charge on any atom is 2.00 e. The normalized spacial score (nSPS) is 8.80. The van der Waals surface area contributed by atoms with Crippen LogP contribution >= 0.6 is 0 Å². The van der Waals surface area contributed by atoms with Crippen molar-refractivity contribution in [3.8, 4) is 0 Å². The van der Waals surface area contributed by atoms with Gasteiger partial charge in [0.15, 0.2) is 0 Å². The molecule has 0 aliphatic rings. The van der Waals surface area contributed by atoms with Crippen molar-refractivity contribution >= 4 is 10.4 Å². The maximum atomic E-state index is 8.74. The molecule has 0 aliphatic heterocycles. The van der Waals surface area contributed by atoms with E-state index in [9.17, 15) is 0 Å². The van der Waals surface area contributed by atoms with E-state index in [0.717, 1.165) is 0 Å². The molecule has 0 rings (SSSR count). The summed E-state index contributed by atoms with van der Waals surface area (Å²) in [5.74, 6) is 0. The van der Waals surface area contributed by atoms with Crippen molar-refractivity contribution in [2.24, 2.45) is 0 Å². The standard InChI is InChI=1S/C2H6N2.H2O4S.Pt/c3-1-2-4;1-5(2,3)4;/h3-4H,1-2H2;(H2,1,2,3,4);/q-2;;+2. The largest absolute Gasteiger partial charge is 2.00 e. The van der Waals surface area contributed by atoms with E-state index in [1.54, 1.807) is 0 Å². The van der Waals surface area contributed by atoms with Crippen LogP contribution in [0.3, 0.4) is 0 Å². The quantitative estimate of drug-likeness (QED) is 0.665. The first kappa shape index (κ1) is 16.8. The molecule has 0 saturated carbocycles. The molecule has 0 aliphatic carbocycles. The minimum absolute atomic E-state index is 0. The Hall–Kier alpha value is 0.478. The van der Waals surface area contributed by atoms with E-state index < -0.39 is 10.4 Å².